The van der Waals surface area contributed by atoms with Crippen LogP contribution in [0, 0.1) is 10.1 Å². The summed E-state index contributed by atoms with van der Waals surface area (Å²) >= 11 is 5.96. The third kappa shape index (κ3) is 5.40. The number of hydrogen-bond donors (Lipinski definition) is 1. The lowest BCUT2D eigenvalue weighted by Gasteiger charge is -2.13. The number of sulfonamides is 1. The minimum atomic E-state index is -4.10. The first kappa shape index (κ1) is 23.2. The molecule has 0 bridgehead atoms. The van der Waals surface area contributed by atoms with Crippen molar-refractivity contribution in [3.63, 3.8) is 0 Å². The van der Waals surface area contributed by atoms with Crippen molar-refractivity contribution in [2.24, 2.45) is 0 Å². The summed E-state index contributed by atoms with van der Waals surface area (Å²) < 4.78 is 33.6. The molecule has 0 atom stereocenters. The van der Waals surface area contributed by atoms with Crippen LogP contribution < -0.4 is 9.46 Å². The number of halogens is 1. The lowest BCUT2D eigenvalue weighted by Crippen LogP contribution is -2.17. The van der Waals surface area contributed by atoms with Crippen LogP contribution in [0.4, 0.5) is 11.4 Å². The molecule has 0 spiro atoms. The number of pyridine rings is 1. The summed E-state index contributed by atoms with van der Waals surface area (Å²) in [6, 6.07) is 12.0. The second-order valence-electron chi connectivity index (χ2n) is 6.93. The number of ether oxygens (including phenoxy) is 1. The number of aromatic nitrogens is 1. The molecule has 1 aromatic heterocycles. The Morgan fingerprint density at radius 2 is 1.84 bits per heavy atom. The second kappa shape index (κ2) is 9.33. The lowest BCUT2D eigenvalue weighted by molar-refractivity contribution is -0.384. The number of nitro benzene ring substituents is 1. The maximum atomic E-state index is 12.9. The summed E-state index contributed by atoms with van der Waals surface area (Å²) in [5.41, 5.74) is -0.713. The third-order valence-electron chi connectivity index (χ3n) is 4.14. The monoisotopic (exact) mass is 475 g/mol. The first-order valence-electron chi connectivity index (χ1n) is 9.31. The van der Waals surface area contributed by atoms with Crippen molar-refractivity contribution in [3.05, 3.63) is 87.2 Å². The average molecular weight is 476 g/mol. The number of benzene rings is 2. The van der Waals surface area contributed by atoms with E-state index in [-0.39, 0.29) is 38.7 Å². The Morgan fingerprint density at radius 3 is 2.47 bits per heavy atom. The van der Waals surface area contributed by atoms with E-state index in [0.29, 0.717) is 5.75 Å². The van der Waals surface area contributed by atoms with Gasteiger partial charge in [-0.05, 0) is 44.2 Å². The van der Waals surface area contributed by atoms with E-state index >= 15 is 0 Å². The van der Waals surface area contributed by atoms with Crippen molar-refractivity contribution in [1.29, 1.82) is 0 Å². The molecule has 0 saturated heterocycles. The molecule has 32 heavy (non-hydrogen) atoms. The van der Waals surface area contributed by atoms with Crippen molar-refractivity contribution in [3.8, 4) is 5.75 Å². The SMILES string of the molecule is CC(C)Oc1ccc(S(=O)(=O)Nc2cc(Cl)cnc2C(=O)c2cccc([N+](=O)[O-])c2)cc1. The van der Waals surface area contributed by atoms with E-state index in [1.165, 1.54) is 54.7 Å². The summed E-state index contributed by atoms with van der Waals surface area (Å²) in [5.74, 6) is -0.200. The maximum Gasteiger partial charge on any atom is 0.270 e. The van der Waals surface area contributed by atoms with Crippen LogP contribution in [-0.4, -0.2) is 30.2 Å². The number of non-ortho nitro benzene ring substituents is 1. The van der Waals surface area contributed by atoms with Crippen LogP contribution in [0.25, 0.3) is 0 Å². The number of carbonyl (C=O) groups excluding carboxylic acids is 1. The Balaban J connectivity index is 1.95. The molecule has 9 nitrogen and oxygen atoms in total. The van der Waals surface area contributed by atoms with Crippen LogP contribution in [-0.2, 0) is 10.0 Å². The summed E-state index contributed by atoms with van der Waals surface area (Å²) in [6.07, 6.45) is 1.11. The molecular weight excluding hydrogens is 458 g/mol. The topological polar surface area (TPSA) is 129 Å². The summed E-state index contributed by atoms with van der Waals surface area (Å²) in [6.45, 7) is 3.69. The third-order valence-corrected chi connectivity index (χ3v) is 5.73. The zero-order valence-corrected chi connectivity index (χ0v) is 18.6. The lowest BCUT2D eigenvalue weighted by atomic mass is 10.1. The Morgan fingerprint density at radius 1 is 1.16 bits per heavy atom. The summed E-state index contributed by atoms with van der Waals surface area (Å²) in [5, 5.41) is 11.1. The van der Waals surface area contributed by atoms with Crippen LogP contribution in [0.15, 0.2) is 65.7 Å². The number of hydrogen-bond acceptors (Lipinski definition) is 7. The normalized spacial score (nSPS) is 11.2. The molecule has 0 unspecified atom stereocenters. The Labute approximate surface area is 189 Å². The molecule has 0 amide bonds. The van der Waals surface area contributed by atoms with Crippen molar-refractivity contribution >= 4 is 38.8 Å². The largest absolute Gasteiger partial charge is 0.491 e. The first-order chi connectivity index (χ1) is 15.1. The van der Waals surface area contributed by atoms with Gasteiger partial charge in [0, 0.05) is 23.9 Å². The Bertz CT molecular complexity index is 1280. The van der Waals surface area contributed by atoms with Gasteiger partial charge in [0.15, 0.2) is 0 Å². The Kier molecular flexibility index (Phi) is 6.75. The molecule has 0 radical (unpaired) electrons. The van der Waals surface area contributed by atoms with E-state index < -0.39 is 20.7 Å². The van der Waals surface area contributed by atoms with E-state index in [4.69, 9.17) is 16.3 Å². The molecule has 0 aliphatic carbocycles. The van der Waals surface area contributed by atoms with E-state index in [1.807, 2.05) is 13.8 Å². The highest BCUT2D eigenvalue weighted by molar-refractivity contribution is 7.92. The molecule has 0 aliphatic heterocycles. The highest BCUT2D eigenvalue weighted by Crippen LogP contribution is 2.26. The molecule has 1 N–H and O–H groups in total. The predicted molar refractivity (Wildman–Crippen MR) is 119 cm³/mol. The fraction of sp³-hybridized carbons (Fsp3) is 0.143. The van der Waals surface area contributed by atoms with Crippen LogP contribution in [0.3, 0.4) is 0 Å². The maximum absolute atomic E-state index is 12.9. The summed E-state index contributed by atoms with van der Waals surface area (Å²) in [4.78, 5) is 27.2. The van der Waals surface area contributed by atoms with Gasteiger partial charge in [-0.1, -0.05) is 23.7 Å². The number of rotatable bonds is 8. The fourth-order valence-electron chi connectivity index (χ4n) is 2.77. The van der Waals surface area contributed by atoms with Crippen molar-refractivity contribution in [2.75, 3.05) is 4.72 Å². The van der Waals surface area contributed by atoms with Gasteiger partial charge in [-0.3, -0.25) is 19.6 Å². The Hall–Kier alpha value is -3.50. The molecule has 0 saturated carbocycles. The molecule has 0 aliphatic rings. The van der Waals surface area contributed by atoms with Crippen molar-refractivity contribution in [1.82, 2.24) is 4.98 Å². The highest BCUT2D eigenvalue weighted by Gasteiger charge is 2.22. The minimum absolute atomic E-state index is 0.0235. The molecule has 1 heterocycles. The van der Waals surface area contributed by atoms with Gasteiger partial charge in [-0.25, -0.2) is 13.4 Å². The van der Waals surface area contributed by atoms with Gasteiger partial charge in [0.05, 0.1) is 26.6 Å². The van der Waals surface area contributed by atoms with Gasteiger partial charge in [-0.2, -0.15) is 0 Å². The van der Waals surface area contributed by atoms with Crippen LogP contribution in [0.2, 0.25) is 5.02 Å². The molecule has 166 valence electrons. The quantitative estimate of drug-likeness (QED) is 0.289. The van der Waals surface area contributed by atoms with Gasteiger partial charge in [0.1, 0.15) is 11.4 Å². The zero-order valence-electron chi connectivity index (χ0n) is 17.0. The molecule has 11 heteroatoms. The highest BCUT2D eigenvalue weighted by atomic mass is 35.5. The average Bonchev–Trinajstić information content (AvgIpc) is 2.73. The predicted octanol–water partition coefficient (Wildman–Crippen LogP) is 4.46. The van der Waals surface area contributed by atoms with Crippen molar-refractivity contribution in [2.45, 2.75) is 24.8 Å². The minimum Gasteiger partial charge on any atom is -0.491 e. The number of nitro groups is 1. The van der Waals surface area contributed by atoms with Crippen LogP contribution in [0.1, 0.15) is 29.9 Å². The second-order valence-corrected chi connectivity index (χ2v) is 9.05. The summed E-state index contributed by atoms with van der Waals surface area (Å²) in [7, 11) is -4.10. The number of anilines is 1. The van der Waals surface area contributed by atoms with Gasteiger partial charge >= 0.3 is 0 Å². The molecular formula is C21H18ClN3O6S. The van der Waals surface area contributed by atoms with Gasteiger partial charge in [0.25, 0.3) is 15.7 Å². The van der Waals surface area contributed by atoms with Crippen molar-refractivity contribution < 1.29 is 22.9 Å². The van der Waals surface area contributed by atoms with Crippen LogP contribution in [0.5, 0.6) is 5.75 Å². The van der Waals surface area contributed by atoms with E-state index in [9.17, 15) is 23.3 Å². The standard InChI is InChI=1S/C21H18ClN3O6S/c1-13(2)31-17-6-8-18(9-7-17)32(29,30)24-19-11-15(22)12-23-20(19)21(26)14-4-3-5-16(10-14)25(27)28/h3-13,24H,1-2H3. The fourth-order valence-corrected chi connectivity index (χ4v) is 3.98. The van der Waals surface area contributed by atoms with E-state index in [1.54, 1.807) is 0 Å². The van der Waals surface area contributed by atoms with Crippen LogP contribution >= 0.6 is 11.6 Å². The molecule has 0 fully saturated rings. The molecule has 3 aromatic rings. The number of carbonyl (C=O) groups is 1. The van der Waals surface area contributed by atoms with E-state index in [2.05, 4.69) is 9.71 Å². The first-order valence-corrected chi connectivity index (χ1v) is 11.2. The number of nitrogens with one attached hydrogen (secondary N) is 1. The van der Waals surface area contributed by atoms with Gasteiger partial charge in [-0.15, -0.1) is 0 Å². The van der Waals surface area contributed by atoms with Gasteiger partial charge < -0.3 is 4.74 Å². The molecule has 3 rings (SSSR count). The van der Waals surface area contributed by atoms with Gasteiger partial charge in [0.2, 0.25) is 5.78 Å². The smallest absolute Gasteiger partial charge is 0.270 e. The zero-order chi connectivity index (χ0) is 23.5. The number of ketones is 1. The molecule has 2 aromatic carbocycles. The number of nitrogens with zero attached hydrogens (tertiary/aromatic N) is 2. The van der Waals surface area contributed by atoms with E-state index in [0.717, 1.165) is 6.07 Å².